The van der Waals surface area contributed by atoms with Crippen LogP contribution in [0.15, 0.2) is 64.1 Å². The van der Waals surface area contributed by atoms with E-state index in [1.165, 1.54) is 6.21 Å². The van der Waals surface area contributed by atoms with Gasteiger partial charge in [0, 0.05) is 10.0 Å². The topological polar surface area (TPSA) is 29.4 Å². The lowest BCUT2D eigenvalue weighted by Crippen LogP contribution is -1.98. The summed E-state index contributed by atoms with van der Waals surface area (Å²) in [4.78, 5) is 15.9. The van der Waals surface area contributed by atoms with Gasteiger partial charge in [0.2, 0.25) is 5.78 Å². The molecule has 0 saturated heterocycles. The molecule has 0 heterocycles. The summed E-state index contributed by atoms with van der Waals surface area (Å²) < 4.78 is 0.992. The van der Waals surface area contributed by atoms with Crippen molar-refractivity contribution in [3.63, 3.8) is 0 Å². The van der Waals surface area contributed by atoms with Crippen LogP contribution in [-0.2, 0) is 0 Å². The van der Waals surface area contributed by atoms with Crippen molar-refractivity contribution in [2.75, 3.05) is 0 Å². The Labute approximate surface area is 108 Å². The van der Waals surface area contributed by atoms with Gasteiger partial charge < -0.3 is 0 Å². The molecule has 3 heteroatoms. The van der Waals surface area contributed by atoms with Gasteiger partial charge in [-0.15, -0.1) is 0 Å². The number of rotatable bonds is 3. The third-order valence-electron chi connectivity index (χ3n) is 2.22. The van der Waals surface area contributed by atoms with Crippen LogP contribution in [0.3, 0.4) is 0 Å². The van der Waals surface area contributed by atoms with E-state index in [4.69, 9.17) is 0 Å². The first-order valence-electron chi connectivity index (χ1n) is 5.15. The van der Waals surface area contributed by atoms with Crippen LogP contribution in [0.5, 0.6) is 0 Å². The summed E-state index contributed by atoms with van der Waals surface area (Å²) in [6, 6.07) is 16.6. The van der Waals surface area contributed by atoms with E-state index in [1.807, 2.05) is 42.5 Å². The fourth-order valence-corrected chi connectivity index (χ4v) is 1.60. The molecule has 17 heavy (non-hydrogen) atoms. The highest BCUT2D eigenvalue weighted by Crippen LogP contribution is 2.16. The smallest absolute Gasteiger partial charge is 0.204 e. The maximum Gasteiger partial charge on any atom is 0.204 e. The lowest BCUT2D eigenvalue weighted by Gasteiger charge is -1.95. The Bertz CT molecular complexity index is 532. The average Bonchev–Trinajstić information content (AvgIpc) is 2.39. The van der Waals surface area contributed by atoms with Gasteiger partial charge in [0.05, 0.1) is 11.9 Å². The van der Waals surface area contributed by atoms with Gasteiger partial charge in [0.1, 0.15) is 0 Å². The van der Waals surface area contributed by atoms with Gasteiger partial charge >= 0.3 is 0 Å². The van der Waals surface area contributed by atoms with Gasteiger partial charge in [-0.2, -0.15) is 0 Å². The molecule has 0 unspecified atom stereocenters. The minimum Gasteiger partial charge on any atom is -0.288 e. The van der Waals surface area contributed by atoms with Crippen LogP contribution in [0.25, 0.3) is 0 Å². The Kier molecular flexibility index (Phi) is 3.83. The van der Waals surface area contributed by atoms with Crippen molar-refractivity contribution in [2.24, 2.45) is 4.99 Å². The first-order chi connectivity index (χ1) is 8.25. The Hall–Kier alpha value is -1.74. The molecule has 0 aliphatic rings. The van der Waals surface area contributed by atoms with E-state index in [9.17, 15) is 4.79 Å². The molecule has 0 bridgehead atoms. The zero-order chi connectivity index (χ0) is 12.1. The van der Waals surface area contributed by atoms with Crippen molar-refractivity contribution in [1.29, 1.82) is 0 Å². The highest BCUT2D eigenvalue weighted by molar-refractivity contribution is 9.10. The van der Waals surface area contributed by atoms with Gasteiger partial charge in [0.25, 0.3) is 0 Å². The molecule has 0 saturated carbocycles. The number of benzene rings is 2. The molecule has 0 atom stereocenters. The van der Waals surface area contributed by atoms with Crippen molar-refractivity contribution in [1.82, 2.24) is 0 Å². The summed E-state index contributed by atoms with van der Waals surface area (Å²) in [6.07, 6.45) is 1.35. The molecule has 0 amide bonds. The van der Waals surface area contributed by atoms with Crippen molar-refractivity contribution >= 4 is 33.6 Å². The van der Waals surface area contributed by atoms with Crippen LogP contribution < -0.4 is 0 Å². The second-order valence-corrected chi connectivity index (χ2v) is 4.38. The van der Waals surface area contributed by atoms with Crippen molar-refractivity contribution in [2.45, 2.75) is 0 Å². The average molecular weight is 288 g/mol. The number of ketones is 1. The van der Waals surface area contributed by atoms with Crippen LogP contribution >= 0.6 is 15.9 Å². The van der Waals surface area contributed by atoms with Gasteiger partial charge in [-0.3, -0.25) is 9.79 Å². The quantitative estimate of drug-likeness (QED) is 0.619. The zero-order valence-electron chi connectivity index (χ0n) is 9.01. The maximum atomic E-state index is 11.7. The molecule has 0 N–H and O–H groups in total. The van der Waals surface area contributed by atoms with Crippen molar-refractivity contribution < 1.29 is 4.79 Å². The number of carbonyl (C=O) groups excluding carboxylic acids is 1. The monoisotopic (exact) mass is 287 g/mol. The standard InChI is InChI=1S/C14H10BrNO/c15-12-6-8-13(9-7-12)16-10-14(17)11-4-2-1-3-5-11/h1-10H. The van der Waals surface area contributed by atoms with Gasteiger partial charge in [0.15, 0.2) is 0 Å². The number of hydrogen-bond donors (Lipinski definition) is 0. The Morgan fingerprint density at radius 3 is 2.29 bits per heavy atom. The minimum absolute atomic E-state index is 0.0893. The van der Waals surface area contributed by atoms with E-state index < -0.39 is 0 Å². The Morgan fingerprint density at radius 2 is 1.65 bits per heavy atom. The highest BCUT2D eigenvalue weighted by atomic mass is 79.9. The SMILES string of the molecule is O=C(C=Nc1ccc(Br)cc1)c1ccccc1. The summed E-state index contributed by atoms with van der Waals surface area (Å²) in [5.74, 6) is -0.0893. The number of nitrogens with zero attached hydrogens (tertiary/aromatic N) is 1. The van der Waals surface area contributed by atoms with E-state index in [0.29, 0.717) is 5.56 Å². The van der Waals surface area contributed by atoms with Crippen LogP contribution in [0, 0.1) is 0 Å². The molecular formula is C14H10BrNO. The number of aliphatic imine (C=N–C) groups is 1. The normalized spacial score (nSPS) is 10.6. The van der Waals surface area contributed by atoms with Gasteiger partial charge in [-0.1, -0.05) is 46.3 Å². The third kappa shape index (κ3) is 3.36. The predicted molar refractivity (Wildman–Crippen MR) is 73.1 cm³/mol. The van der Waals surface area contributed by atoms with E-state index in [-0.39, 0.29) is 5.78 Å². The van der Waals surface area contributed by atoms with Crippen LogP contribution in [0.1, 0.15) is 10.4 Å². The molecule has 0 aliphatic heterocycles. The summed E-state index contributed by atoms with van der Waals surface area (Å²) >= 11 is 3.34. The number of halogens is 1. The second-order valence-electron chi connectivity index (χ2n) is 3.46. The predicted octanol–water partition coefficient (Wildman–Crippen LogP) is 4.03. The fraction of sp³-hybridized carbons (Fsp3) is 0. The van der Waals surface area contributed by atoms with Crippen molar-refractivity contribution in [3.8, 4) is 0 Å². The molecule has 2 nitrogen and oxygen atoms in total. The first-order valence-corrected chi connectivity index (χ1v) is 5.94. The van der Waals surface area contributed by atoms with E-state index >= 15 is 0 Å². The van der Waals surface area contributed by atoms with Crippen LogP contribution in [-0.4, -0.2) is 12.0 Å². The number of Topliss-reactive ketones (excluding diaryl/α,β-unsaturated/α-hetero) is 1. The number of carbonyl (C=O) groups is 1. The van der Waals surface area contributed by atoms with Gasteiger partial charge in [-0.05, 0) is 24.3 Å². The maximum absolute atomic E-state index is 11.7. The third-order valence-corrected chi connectivity index (χ3v) is 2.74. The van der Waals surface area contributed by atoms with Gasteiger partial charge in [-0.25, -0.2) is 0 Å². The Morgan fingerprint density at radius 1 is 1.00 bits per heavy atom. The molecule has 2 aromatic rings. The fourth-order valence-electron chi connectivity index (χ4n) is 1.34. The lowest BCUT2D eigenvalue weighted by atomic mass is 10.1. The summed E-state index contributed by atoms with van der Waals surface area (Å²) in [5, 5.41) is 0. The van der Waals surface area contributed by atoms with E-state index in [0.717, 1.165) is 10.2 Å². The van der Waals surface area contributed by atoms with E-state index in [1.54, 1.807) is 12.1 Å². The Balaban J connectivity index is 2.11. The first kappa shape index (κ1) is 11.7. The molecule has 0 spiro atoms. The highest BCUT2D eigenvalue weighted by Gasteiger charge is 2.00. The molecule has 0 fully saturated rings. The summed E-state index contributed by atoms with van der Waals surface area (Å²) in [6.45, 7) is 0. The zero-order valence-corrected chi connectivity index (χ0v) is 10.6. The second kappa shape index (κ2) is 5.55. The number of hydrogen-bond acceptors (Lipinski definition) is 2. The minimum atomic E-state index is -0.0893. The molecule has 0 aliphatic carbocycles. The molecule has 0 radical (unpaired) electrons. The molecule has 0 aromatic heterocycles. The summed E-state index contributed by atoms with van der Waals surface area (Å²) in [7, 11) is 0. The van der Waals surface area contributed by atoms with Crippen LogP contribution in [0.2, 0.25) is 0 Å². The molecule has 84 valence electrons. The molecular weight excluding hydrogens is 278 g/mol. The lowest BCUT2D eigenvalue weighted by molar-refractivity contribution is 0.107. The van der Waals surface area contributed by atoms with Crippen LogP contribution in [0.4, 0.5) is 5.69 Å². The summed E-state index contributed by atoms with van der Waals surface area (Å²) in [5.41, 5.74) is 1.41. The van der Waals surface area contributed by atoms with E-state index in [2.05, 4.69) is 20.9 Å². The largest absolute Gasteiger partial charge is 0.288 e. The molecule has 2 rings (SSSR count). The molecule has 2 aromatic carbocycles. The van der Waals surface area contributed by atoms with Crippen molar-refractivity contribution in [3.05, 3.63) is 64.6 Å².